The van der Waals surface area contributed by atoms with Crippen LogP contribution in [-0.2, 0) is 39.1 Å². The molecule has 2 heterocycles. The zero-order valence-electron chi connectivity index (χ0n) is 22.6. The number of hydrogen-bond acceptors (Lipinski definition) is 10. The topological polar surface area (TPSA) is 180 Å². The second-order valence-corrected chi connectivity index (χ2v) is 13.1. The van der Waals surface area contributed by atoms with Crippen molar-refractivity contribution in [3.8, 4) is 0 Å². The quantitative estimate of drug-likeness (QED) is 0.301. The van der Waals surface area contributed by atoms with Crippen LogP contribution in [0.5, 0.6) is 0 Å². The Kier molecular flexibility index (Phi) is 9.92. The first-order valence-electron chi connectivity index (χ1n) is 12.4. The number of sulfonamides is 2. The number of ether oxygens (including phenoxy) is 2. The number of hydrogen-bond donors (Lipinski definition) is 4. The third-order valence-electron chi connectivity index (χ3n) is 6.11. The van der Waals surface area contributed by atoms with E-state index in [4.69, 9.17) is 9.47 Å². The van der Waals surface area contributed by atoms with Gasteiger partial charge in [-0.2, -0.15) is 0 Å². The zero-order chi connectivity index (χ0) is 29.7. The van der Waals surface area contributed by atoms with Crippen molar-refractivity contribution in [1.82, 2.24) is 9.44 Å². The molecular formula is C25H34N4O9S2. The molecule has 2 aliphatic heterocycles. The van der Waals surface area contributed by atoms with E-state index in [0.717, 1.165) is 5.69 Å². The first-order valence-corrected chi connectivity index (χ1v) is 15.4. The summed E-state index contributed by atoms with van der Waals surface area (Å²) >= 11 is 0. The zero-order valence-corrected chi connectivity index (χ0v) is 24.2. The van der Waals surface area contributed by atoms with Gasteiger partial charge in [-0.05, 0) is 62.6 Å². The first kappa shape index (κ1) is 31.4. The molecule has 2 aromatic carbocycles. The Morgan fingerprint density at radius 2 is 1.45 bits per heavy atom. The smallest absolute Gasteiger partial charge is 0.337 e. The summed E-state index contributed by atoms with van der Waals surface area (Å²) < 4.78 is 61.2. The lowest BCUT2D eigenvalue weighted by molar-refractivity contribution is -0.160. The van der Waals surface area contributed by atoms with Gasteiger partial charge in [-0.1, -0.05) is 0 Å². The molecule has 0 radical (unpaired) electrons. The molecule has 0 bridgehead atoms. The van der Waals surface area contributed by atoms with E-state index in [1.54, 1.807) is 38.1 Å². The van der Waals surface area contributed by atoms with Crippen LogP contribution >= 0.6 is 0 Å². The number of carbonyl (C=O) groups excluding carboxylic acids is 2. The molecule has 13 nitrogen and oxygen atoms in total. The fourth-order valence-electron chi connectivity index (χ4n) is 3.96. The van der Waals surface area contributed by atoms with E-state index in [-0.39, 0.29) is 21.7 Å². The number of rotatable bonds is 9. The van der Waals surface area contributed by atoms with Gasteiger partial charge in [-0.25, -0.2) is 31.1 Å². The summed E-state index contributed by atoms with van der Waals surface area (Å²) in [5.74, 6) is -1.58. The van der Waals surface area contributed by atoms with Crippen LogP contribution in [-0.4, -0.2) is 79.0 Å². The molecule has 0 aliphatic carbocycles. The summed E-state index contributed by atoms with van der Waals surface area (Å²) in [5.41, 5.74) is 1.35. The van der Waals surface area contributed by atoms with Gasteiger partial charge >= 0.3 is 5.97 Å². The van der Waals surface area contributed by atoms with Gasteiger partial charge in [-0.3, -0.25) is 4.79 Å². The molecule has 2 aromatic rings. The van der Waals surface area contributed by atoms with E-state index in [1.807, 2.05) is 0 Å². The van der Waals surface area contributed by atoms with E-state index in [2.05, 4.69) is 14.8 Å². The van der Waals surface area contributed by atoms with E-state index < -0.39 is 38.0 Å². The molecule has 2 atom stereocenters. The number of carbonyl (C=O) groups is 2. The van der Waals surface area contributed by atoms with Gasteiger partial charge in [-0.15, -0.1) is 0 Å². The number of aliphatic hydroxyl groups is 1. The van der Waals surface area contributed by atoms with Gasteiger partial charge in [0.1, 0.15) is 6.10 Å². The van der Waals surface area contributed by atoms with Gasteiger partial charge in [0.25, 0.3) is 5.91 Å². The third kappa shape index (κ3) is 7.77. The lowest BCUT2D eigenvalue weighted by Crippen LogP contribution is -2.29. The van der Waals surface area contributed by atoms with Gasteiger partial charge in [0.15, 0.2) is 6.10 Å². The molecule has 4 rings (SSSR count). The van der Waals surface area contributed by atoms with E-state index in [9.17, 15) is 31.5 Å². The Hall–Kier alpha value is -3.08. The summed E-state index contributed by atoms with van der Waals surface area (Å²) in [6.07, 6.45) is -0.661. The maximum Gasteiger partial charge on any atom is 0.337 e. The van der Waals surface area contributed by atoms with Gasteiger partial charge in [0.05, 0.1) is 9.79 Å². The molecule has 0 saturated carbocycles. The Morgan fingerprint density at radius 3 is 1.88 bits per heavy atom. The second-order valence-electron chi connectivity index (χ2n) is 9.37. The summed E-state index contributed by atoms with van der Waals surface area (Å²) in [6, 6.07) is 12.3. The number of esters is 1. The van der Waals surface area contributed by atoms with Crippen molar-refractivity contribution in [2.75, 3.05) is 37.4 Å². The minimum absolute atomic E-state index is 0.140. The lowest BCUT2D eigenvalue weighted by atomic mass is 10.2. The number of cyclic esters (lactones) is 1. The standard InChI is InChI=1S/C14H20N2O5S.C11H14N2O4S/c1-14(2)20-12(13(17)21-14)8-9-16-10-4-6-11(7-5-10)22(18,19)15-3;1-12-18(16,17)9-4-2-8(3-5-9)13-7-6-10(14)11(13)15/h4-7,12,15-16H,8-9H2,1-3H3;2-5,10,12,14H,6-7H2,1H3/t12-;10-/m11/s1. The highest BCUT2D eigenvalue weighted by Crippen LogP contribution is 2.26. The Morgan fingerprint density at radius 1 is 0.925 bits per heavy atom. The van der Waals surface area contributed by atoms with Crippen LogP contribution in [0.2, 0.25) is 0 Å². The number of amides is 1. The third-order valence-corrected chi connectivity index (χ3v) is 8.97. The average molecular weight is 599 g/mol. The van der Waals surface area contributed by atoms with E-state index >= 15 is 0 Å². The van der Waals surface area contributed by atoms with Crippen LogP contribution in [0, 0.1) is 0 Å². The van der Waals surface area contributed by atoms with Crippen LogP contribution in [0.1, 0.15) is 26.7 Å². The summed E-state index contributed by atoms with van der Waals surface area (Å²) in [5, 5.41) is 12.5. The van der Waals surface area contributed by atoms with Crippen molar-refractivity contribution in [3.63, 3.8) is 0 Å². The molecule has 1 amide bonds. The Bertz CT molecular complexity index is 1410. The van der Waals surface area contributed by atoms with Crippen LogP contribution in [0.15, 0.2) is 58.3 Å². The van der Waals surface area contributed by atoms with Crippen molar-refractivity contribution >= 4 is 43.3 Å². The molecule has 2 fully saturated rings. The predicted molar refractivity (Wildman–Crippen MR) is 147 cm³/mol. The van der Waals surface area contributed by atoms with Gasteiger partial charge in [0.2, 0.25) is 25.8 Å². The van der Waals surface area contributed by atoms with E-state index in [1.165, 1.54) is 43.3 Å². The number of nitrogens with zero attached hydrogens (tertiary/aromatic N) is 1. The fraction of sp³-hybridized carbons (Fsp3) is 0.440. The predicted octanol–water partition coefficient (Wildman–Crippen LogP) is 0.767. The minimum Gasteiger partial charge on any atom is -0.432 e. The highest BCUT2D eigenvalue weighted by Gasteiger charge is 2.40. The van der Waals surface area contributed by atoms with Crippen LogP contribution in [0.3, 0.4) is 0 Å². The monoisotopic (exact) mass is 598 g/mol. The second kappa shape index (κ2) is 12.6. The molecule has 40 heavy (non-hydrogen) atoms. The molecule has 0 aromatic heterocycles. The van der Waals surface area contributed by atoms with Gasteiger partial charge < -0.3 is 24.8 Å². The number of benzene rings is 2. The Labute approximate surface area is 234 Å². The normalized spacial score (nSPS) is 20.6. The maximum absolute atomic E-state index is 11.6. The van der Waals surface area contributed by atoms with Crippen molar-refractivity contribution in [2.45, 2.75) is 54.5 Å². The molecule has 2 saturated heterocycles. The van der Waals surface area contributed by atoms with Crippen molar-refractivity contribution in [3.05, 3.63) is 48.5 Å². The molecule has 0 unspecified atom stereocenters. The number of nitrogens with one attached hydrogen (secondary N) is 3. The Balaban J connectivity index is 0.000000225. The summed E-state index contributed by atoms with van der Waals surface area (Å²) in [7, 11) is -4.19. The minimum atomic E-state index is -3.47. The van der Waals surface area contributed by atoms with Gasteiger partial charge in [0, 0.05) is 51.2 Å². The molecule has 0 spiro atoms. The van der Waals surface area contributed by atoms with Crippen LogP contribution in [0.4, 0.5) is 11.4 Å². The number of anilines is 2. The molecular weight excluding hydrogens is 564 g/mol. The highest BCUT2D eigenvalue weighted by molar-refractivity contribution is 7.89. The van der Waals surface area contributed by atoms with Crippen molar-refractivity contribution in [2.24, 2.45) is 0 Å². The van der Waals surface area contributed by atoms with E-state index in [0.29, 0.717) is 31.6 Å². The van der Waals surface area contributed by atoms with Crippen LogP contribution < -0.4 is 19.7 Å². The lowest BCUT2D eigenvalue weighted by Gasteiger charge is -2.16. The molecule has 4 N–H and O–H groups in total. The fourth-order valence-corrected chi connectivity index (χ4v) is 5.42. The summed E-state index contributed by atoms with van der Waals surface area (Å²) in [6.45, 7) is 4.34. The maximum atomic E-state index is 11.6. The van der Waals surface area contributed by atoms with Crippen molar-refractivity contribution < 1.29 is 41.0 Å². The molecule has 2 aliphatic rings. The SMILES string of the molecule is CNS(=O)(=O)c1ccc(N2CC[C@@H](O)C2=O)cc1.CNS(=O)(=O)c1ccc(NCC[C@H]2OC(C)(C)OC2=O)cc1. The number of aliphatic hydroxyl groups excluding tert-OH is 1. The average Bonchev–Trinajstić information content (AvgIpc) is 3.40. The van der Waals surface area contributed by atoms with Crippen LogP contribution in [0.25, 0.3) is 0 Å². The molecule has 220 valence electrons. The highest BCUT2D eigenvalue weighted by atomic mass is 32.2. The first-order chi connectivity index (χ1) is 18.7. The summed E-state index contributed by atoms with van der Waals surface area (Å²) in [4.78, 5) is 24.9. The molecule has 15 heteroatoms. The van der Waals surface area contributed by atoms with Crippen molar-refractivity contribution in [1.29, 1.82) is 0 Å². The largest absolute Gasteiger partial charge is 0.432 e.